The fourth-order valence-electron chi connectivity index (χ4n) is 3.54. The number of rotatable bonds is 5. The van der Waals surface area contributed by atoms with Gasteiger partial charge in [0, 0.05) is 45.2 Å². The second-order valence-corrected chi connectivity index (χ2v) is 9.87. The number of sulfonamides is 1. The number of carbonyl (C=O) groups excluding carboxylic acids is 2. The summed E-state index contributed by atoms with van der Waals surface area (Å²) in [6.07, 6.45) is 2.39. The largest absolute Gasteiger partial charge is 0.340 e. The highest BCUT2D eigenvalue weighted by Crippen LogP contribution is 2.22. The maximum absolute atomic E-state index is 12.7. The highest BCUT2D eigenvalue weighted by molar-refractivity contribution is 7.88. The fourth-order valence-corrected chi connectivity index (χ4v) is 5.07. The maximum atomic E-state index is 12.7. The zero-order valence-electron chi connectivity index (χ0n) is 15.0. The van der Waals surface area contributed by atoms with Crippen LogP contribution in [0.2, 0.25) is 0 Å². The Kier molecular flexibility index (Phi) is 6.11. The summed E-state index contributed by atoms with van der Waals surface area (Å²) in [5.41, 5.74) is 0. The number of carbonyl (C=O) groups is 2. The summed E-state index contributed by atoms with van der Waals surface area (Å²) in [6.45, 7) is 3.89. The third-order valence-electron chi connectivity index (χ3n) is 5.12. The van der Waals surface area contributed by atoms with Gasteiger partial charge in [0.1, 0.15) is 0 Å². The van der Waals surface area contributed by atoms with Crippen LogP contribution in [0.3, 0.4) is 0 Å². The third-order valence-corrected chi connectivity index (χ3v) is 7.33. The van der Waals surface area contributed by atoms with E-state index in [1.165, 1.54) is 21.9 Å². The Bertz CT molecular complexity index is 732. The minimum Gasteiger partial charge on any atom is -0.340 e. The molecule has 2 aliphatic heterocycles. The highest BCUT2D eigenvalue weighted by Gasteiger charge is 2.32. The average molecular weight is 400 g/mol. The Morgan fingerprint density at radius 2 is 1.77 bits per heavy atom. The van der Waals surface area contributed by atoms with Gasteiger partial charge in [-0.1, -0.05) is 6.07 Å². The molecule has 0 N–H and O–H groups in total. The van der Waals surface area contributed by atoms with Crippen molar-refractivity contribution in [2.75, 3.05) is 52.1 Å². The molecule has 0 saturated carbocycles. The predicted molar refractivity (Wildman–Crippen MR) is 101 cm³/mol. The van der Waals surface area contributed by atoms with Gasteiger partial charge in [0.05, 0.1) is 17.7 Å². The Balaban J connectivity index is 1.45. The van der Waals surface area contributed by atoms with Crippen LogP contribution in [-0.2, 0) is 14.8 Å². The van der Waals surface area contributed by atoms with E-state index in [-0.39, 0.29) is 17.6 Å². The van der Waals surface area contributed by atoms with Crippen LogP contribution in [0.25, 0.3) is 0 Å². The number of nitrogens with zero attached hydrogens (tertiary/aromatic N) is 3. The van der Waals surface area contributed by atoms with Crippen molar-refractivity contribution in [3.05, 3.63) is 22.4 Å². The standard InChI is InChI=1S/C17H25N3O4S2/c1-26(23,24)20-6-4-14(5-7-20)17(22)19-10-8-18(9-11-19)13-15(21)16-3-2-12-25-16/h2-3,12,14H,4-11,13H2,1H3. The molecule has 0 aliphatic carbocycles. The molecule has 26 heavy (non-hydrogen) atoms. The lowest BCUT2D eigenvalue weighted by Crippen LogP contribution is -2.52. The SMILES string of the molecule is CS(=O)(=O)N1CCC(C(=O)N2CCN(CC(=O)c3cccs3)CC2)CC1. The lowest BCUT2D eigenvalue weighted by atomic mass is 9.96. The van der Waals surface area contributed by atoms with Crippen LogP contribution in [0.15, 0.2) is 17.5 Å². The minimum absolute atomic E-state index is 0.0905. The van der Waals surface area contributed by atoms with Crippen molar-refractivity contribution < 1.29 is 18.0 Å². The van der Waals surface area contributed by atoms with Gasteiger partial charge < -0.3 is 4.90 Å². The second kappa shape index (κ2) is 8.16. The van der Waals surface area contributed by atoms with Crippen molar-refractivity contribution in [2.24, 2.45) is 5.92 Å². The fraction of sp³-hybridized carbons (Fsp3) is 0.647. The van der Waals surface area contributed by atoms with Gasteiger partial charge in [-0.05, 0) is 24.3 Å². The van der Waals surface area contributed by atoms with Gasteiger partial charge in [0.15, 0.2) is 5.78 Å². The smallest absolute Gasteiger partial charge is 0.225 e. The number of hydrogen-bond acceptors (Lipinski definition) is 6. The van der Waals surface area contributed by atoms with Crippen molar-refractivity contribution in [1.29, 1.82) is 0 Å². The van der Waals surface area contributed by atoms with E-state index in [1.54, 1.807) is 0 Å². The highest BCUT2D eigenvalue weighted by atomic mass is 32.2. The van der Waals surface area contributed by atoms with Crippen LogP contribution in [0, 0.1) is 5.92 Å². The summed E-state index contributed by atoms with van der Waals surface area (Å²) < 4.78 is 24.6. The van der Waals surface area contributed by atoms with Gasteiger partial charge in [-0.15, -0.1) is 11.3 Å². The van der Waals surface area contributed by atoms with Gasteiger partial charge in [0.2, 0.25) is 15.9 Å². The molecule has 1 aromatic rings. The topological polar surface area (TPSA) is 78.0 Å². The summed E-state index contributed by atoms with van der Waals surface area (Å²) in [5.74, 6) is 0.169. The molecule has 144 valence electrons. The van der Waals surface area contributed by atoms with E-state index in [2.05, 4.69) is 4.90 Å². The summed E-state index contributed by atoms with van der Waals surface area (Å²) in [6, 6.07) is 3.72. The zero-order chi connectivity index (χ0) is 18.7. The normalized spacial score (nSPS) is 21.0. The summed E-state index contributed by atoms with van der Waals surface area (Å²) >= 11 is 1.46. The van der Waals surface area contributed by atoms with Crippen LogP contribution in [-0.4, -0.2) is 86.3 Å². The number of Topliss-reactive ketones (excluding diaryl/α,β-unsaturated/α-hetero) is 1. The van der Waals surface area contributed by atoms with Crippen LogP contribution in [0.5, 0.6) is 0 Å². The van der Waals surface area contributed by atoms with Gasteiger partial charge in [-0.25, -0.2) is 12.7 Å². The molecule has 2 fully saturated rings. The molecule has 1 aromatic heterocycles. The molecular weight excluding hydrogens is 374 g/mol. The van der Waals surface area contributed by atoms with Crippen LogP contribution in [0.4, 0.5) is 0 Å². The summed E-state index contributed by atoms with van der Waals surface area (Å²) in [5, 5.41) is 1.90. The molecule has 0 bridgehead atoms. The maximum Gasteiger partial charge on any atom is 0.225 e. The van der Waals surface area contributed by atoms with Crippen molar-refractivity contribution in [3.63, 3.8) is 0 Å². The first-order valence-corrected chi connectivity index (χ1v) is 11.6. The van der Waals surface area contributed by atoms with E-state index in [0.717, 1.165) is 4.88 Å². The van der Waals surface area contributed by atoms with E-state index < -0.39 is 10.0 Å². The number of piperazine rings is 1. The van der Waals surface area contributed by atoms with Gasteiger partial charge in [0.25, 0.3) is 0 Å². The molecule has 0 atom stereocenters. The first-order valence-electron chi connectivity index (χ1n) is 8.87. The van der Waals surface area contributed by atoms with Crippen molar-refractivity contribution in [3.8, 4) is 0 Å². The molecule has 9 heteroatoms. The van der Waals surface area contributed by atoms with Crippen LogP contribution in [0.1, 0.15) is 22.5 Å². The van der Waals surface area contributed by atoms with E-state index in [0.29, 0.717) is 58.7 Å². The molecule has 7 nitrogen and oxygen atoms in total. The minimum atomic E-state index is -3.17. The Hall–Kier alpha value is -1.29. The molecule has 0 spiro atoms. The monoisotopic (exact) mass is 399 g/mol. The summed E-state index contributed by atoms with van der Waals surface area (Å²) in [4.78, 5) is 29.6. The first-order chi connectivity index (χ1) is 12.3. The molecule has 2 saturated heterocycles. The lowest BCUT2D eigenvalue weighted by Gasteiger charge is -2.38. The van der Waals surface area contributed by atoms with Crippen molar-refractivity contribution in [1.82, 2.24) is 14.1 Å². The lowest BCUT2D eigenvalue weighted by molar-refractivity contribution is -0.138. The zero-order valence-corrected chi connectivity index (χ0v) is 16.6. The molecule has 3 rings (SSSR count). The Morgan fingerprint density at radius 3 is 2.31 bits per heavy atom. The number of piperidine rings is 1. The van der Waals surface area contributed by atoms with E-state index in [1.807, 2.05) is 22.4 Å². The van der Waals surface area contributed by atoms with Gasteiger partial charge >= 0.3 is 0 Å². The molecular formula is C17H25N3O4S2. The molecule has 3 heterocycles. The second-order valence-electron chi connectivity index (χ2n) is 6.94. The average Bonchev–Trinajstić information content (AvgIpc) is 3.16. The van der Waals surface area contributed by atoms with Crippen LogP contribution < -0.4 is 0 Å². The molecule has 1 amide bonds. The van der Waals surface area contributed by atoms with E-state index in [9.17, 15) is 18.0 Å². The summed E-state index contributed by atoms with van der Waals surface area (Å²) in [7, 11) is -3.17. The van der Waals surface area contributed by atoms with Crippen molar-refractivity contribution in [2.45, 2.75) is 12.8 Å². The Morgan fingerprint density at radius 1 is 1.12 bits per heavy atom. The van der Waals surface area contributed by atoms with Gasteiger partial charge in [-0.2, -0.15) is 0 Å². The first kappa shape index (κ1) is 19.5. The number of ketones is 1. The predicted octanol–water partition coefficient (Wildman–Crippen LogP) is 0.747. The van der Waals surface area contributed by atoms with E-state index >= 15 is 0 Å². The molecule has 2 aliphatic rings. The number of thiophene rings is 1. The van der Waals surface area contributed by atoms with Crippen LogP contribution >= 0.6 is 11.3 Å². The van der Waals surface area contributed by atoms with Crippen molar-refractivity contribution >= 4 is 33.1 Å². The molecule has 0 unspecified atom stereocenters. The quantitative estimate of drug-likeness (QED) is 0.683. The van der Waals surface area contributed by atoms with Gasteiger partial charge in [-0.3, -0.25) is 14.5 Å². The molecule has 0 aromatic carbocycles. The third kappa shape index (κ3) is 4.70. The Labute approximate surface area is 158 Å². The number of amides is 1. The number of hydrogen-bond donors (Lipinski definition) is 0. The molecule has 0 radical (unpaired) electrons. The van der Waals surface area contributed by atoms with E-state index in [4.69, 9.17) is 0 Å².